The van der Waals surface area contributed by atoms with Crippen molar-refractivity contribution in [3.05, 3.63) is 27.7 Å². The van der Waals surface area contributed by atoms with Gasteiger partial charge in [0.05, 0.1) is 5.02 Å². The molecule has 0 saturated carbocycles. The maximum Gasteiger partial charge on any atom is 0.244 e. The number of likely N-dealkylation sites (N-methyl/N-ethyl adjacent to an activating group) is 1. The molecule has 1 aliphatic rings. The standard InChI is InChI=1S/C13H17Cl3N2O2S/c1-9-8-17(2)3-4-18(9)21(19,20)13-5-10(7-14)11(15)6-12(13)16/h5-6,9H,3-4,7-8H2,1-2H3. The molecule has 21 heavy (non-hydrogen) atoms. The van der Waals surface area contributed by atoms with Crippen molar-refractivity contribution >= 4 is 44.8 Å². The molecule has 1 unspecified atom stereocenters. The fraction of sp³-hybridized carbons (Fsp3) is 0.538. The van der Waals surface area contributed by atoms with Crippen LogP contribution in [0.3, 0.4) is 0 Å². The normalized spacial score (nSPS) is 21.7. The molecule has 1 atom stereocenters. The van der Waals surface area contributed by atoms with Gasteiger partial charge in [-0.15, -0.1) is 11.6 Å². The number of rotatable bonds is 3. The molecule has 1 aromatic carbocycles. The van der Waals surface area contributed by atoms with Crippen LogP contribution in [0, 0.1) is 0 Å². The summed E-state index contributed by atoms with van der Waals surface area (Å²) in [6.45, 7) is 3.71. The molecular weight excluding hydrogens is 355 g/mol. The minimum Gasteiger partial charge on any atom is -0.303 e. The molecule has 1 fully saturated rings. The van der Waals surface area contributed by atoms with Crippen LogP contribution in [-0.4, -0.2) is 50.3 Å². The second-order valence-electron chi connectivity index (χ2n) is 5.23. The van der Waals surface area contributed by atoms with Crippen LogP contribution in [0.25, 0.3) is 0 Å². The van der Waals surface area contributed by atoms with Crippen LogP contribution in [0.5, 0.6) is 0 Å². The Bertz CT molecular complexity index is 637. The molecule has 1 aliphatic heterocycles. The lowest BCUT2D eigenvalue weighted by Crippen LogP contribution is -2.52. The molecule has 0 aromatic heterocycles. The molecule has 118 valence electrons. The van der Waals surface area contributed by atoms with Crippen LogP contribution in [0.1, 0.15) is 12.5 Å². The average Bonchev–Trinajstić information content (AvgIpc) is 2.37. The fourth-order valence-electron chi connectivity index (χ4n) is 2.48. The van der Waals surface area contributed by atoms with Gasteiger partial charge >= 0.3 is 0 Å². The second-order valence-corrected chi connectivity index (χ2v) is 8.18. The van der Waals surface area contributed by atoms with E-state index in [1.54, 1.807) is 0 Å². The van der Waals surface area contributed by atoms with Crippen molar-refractivity contribution in [2.24, 2.45) is 0 Å². The van der Waals surface area contributed by atoms with Crippen molar-refractivity contribution in [2.75, 3.05) is 26.7 Å². The Labute approximate surface area is 140 Å². The zero-order valence-electron chi connectivity index (χ0n) is 11.8. The van der Waals surface area contributed by atoms with Crippen molar-refractivity contribution < 1.29 is 8.42 Å². The third-order valence-electron chi connectivity index (χ3n) is 3.60. The van der Waals surface area contributed by atoms with Crippen LogP contribution < -0.4 is 0 Å². The number of benzene rings is 1. The van der Waals surface area contributed by atoms with E-state index >= 15 is 0 Å². The zero-order chi connectivity index (χ0) is 15.8. The van der Waals surface area contributed by atoms with E-state index in [4.69, 9.17) is 34.8 Å². The van der Waals surface area contributed by atoms with E-state index in [0.717, 1.165) is 0 Å². The topological polar surface area (TPSA) is 40.6 Å². The van der Waals surface area contributed by atoms with Crippen molar-refractivity contribution in [1.82, 2.24) is 9.21 Å². The molecule has 8 heteroatoms. The first kappa shape index (κ1) is 17.3. The van der Waals surface area contributed by atoms with Gasteiger partial charge in [-0.25, -0.2) is 8.42 Å². The smallest absolute Gasteiger partial charge is 0.244 e. The van der Waals surface area contributed by atoms with Crippen LogP contribution in [0.15, 0.2) is 17.0 Å². The van der Waals surface area contributed by atoms with Crippen molar-refractivity contribution in [1.29, 1.82) is 0 Å². The maximum atomic E-state index is 12.8. The number of hydrogen-bond acceptors (Lipinski definition) is 3. The lowest BCUT2D eigenvalue weighted by molar-refractivity contribution is 0.170. The van der Waals surface area contributed by atoms with E-state index in [1.165, 1.54) is 16.4 Å². The summed E-state index contributed by atoms with van der Waals surface area (Å²) in [6.07, 6.45) is 0. The van der Waals surface area contributed by atoms with E-state index < -0.39 is 10.0 Å². The summed E-state index contributed by atoms with van der Waals surface area (Å²) >= 11 is 17.9. The molecule has 4 nitrogen and oxygen atoms in total. The van der Waals surface area contributed by atoms with Crippen molar-refractivity contribution in [3.63, 3.8) is 0 Å². The van der Waals surface area contributed by atoms with Gasteiger partial charge in [0.25, 0.3) is 0 Å². The summed E-state index contributed by atoms with van der Waals surface area (Å²) < 4.78 is 27.2. The molecule has 1 aromatic rings. The van der Waals surface area contributed by atoms with Gasteiger partial charge in [-0.2, -0.15) is 4.31 Å². The van der Waals surface area contributed by atoms with Gasteiger partial charge < -0.3 is 4.90 Å². The summed E-state index contributed by atoms with van der Waals surface area (Å²) in [5.41, 5.74) is 0.558. The highest BCUT2D eigenvalue weighted by Gasteiger charge is 2.34. The Morgan fingerprint density at radius 3 is 2.48 bits per heavy atom. The Kier molecular flexibility index (Phi) is 5.45. The number of sulfonamides is 1. The van der Waals surface area contributed by atoms with Gasteiger partial charge in [0.1, 0.15) is 4.90 Å². The first-order valence-corrected chi connectivity index (χ1v) is 9.24. The molecule has 0 radical (unpaired) electrons. The first-order valence-electron chi connectivity index (χ1n) is 6.51. The van der Waals surface area contributed by atoms with Crippen molar-refractivity contribution in [2.45, 2.75) is 23.7 Å². The van der Waals surface area contributed by atoms with Gasteiger partial charge in [-0.05, 0) is 31.7 Å². The number of alkyl halides is 1. The number of hydrogen-bond donors (Lipinski definition) is 0. The van der Waals surface area contributed by atoms with E-state index in [-0.39, 0.29) is 21.8 Å². The van der Waals surface area contributed by atoms with Gasteiger partial charge in [0.15, 0.2) is 0 Å². The molecule has 0 spiro atoms. The van der Waals surface area contributed by atoms with Crippen LogP contribution in [0.4, 0.5) is 0 Å². The highest BCUT2D eigenvalue weighted by Crippen LogP contribution is 2.32. The lowest BCUT2D eigenvalue weighted by Gasteiger charge is -2.37. The van der Waals surface area contributed by atoms with Crippen LogP contribution in [0.2, 0.25) is 10.0 Å². The third kappa shape index (κ3) is 3.49. The van der Waals surface area contributed by atoms with E-state index in [0.29, 0.717) is 30.2 Å². The molecule has 1 heterocycles. The molecule has 2 rings (SSSR count). The summed E-state index contributed by atoms with van der Waals surface area (Å²) in [5.74, 6) is 0.136. The minimum absolute atomic E-state index is 0.0700. The van der Waals surface area contributed by atoms with E-state index in [1.807, 2.05) is 14.0 Å². The van der Waals surface area contributed by atoms with E-state index in [2.05, 4.69) is 4.90 Å². The van der Waals surface area contributed by atoms with Gasteiger partial charge in [0.2, 0.25) is 10.0 Å². The van der Waals surface area contributed by atoms with Gasteiger partial charge in [0, 0.05) is 36.6 Å². The lowest BCUT2D eigenvalue weighted by atomic mass is 10.2. The summed E-state index contributed by atoms with van der Waals surface area (Å²) in [7, 11) is -1.68. The van der Waals surface area contributed by atoms with Crippen molar-refractivity contribution in [3.8, 4) is 0 Å². The summed E-state index contributed by atoms with van der Waals surface area (Å²) in [5, 5.41) is 0.500. The van der Waals surface area contributed by atoms with Crippen LogP contribution in [-0.2, 0) is 15.9 Å². The molecule has 1 saturated heterocycles. The maximum absolute atomic E-state index is 12.8. The Hall–Kier alpha value is -0.0400. The molecule has 0 amide bonds. The van der Waals surface area contributed by atoms with E-state index in [9.17, 15) is 8.42 Å². The molecule has 0 aliphatic carbocycles. The minimum atomic E-state index is -3.66. The largest absolute Gasteiger partial charge is 0.303 e. The van der Waals surface area contributed by atoms with Gasteiger partial charge in [-0.3, -0.25) is 0 Å². The number of halogens is 3. The number of nitrogens with zero attached hydrogens (tertiary/aromatic N) is 2. The molecule has 0 bridgehead atoms. The monoisotopic (exact) mass is 370 g/mol. The second kappa shape index (κ2) is 6.60. The van der Waals surface area contributed by atoms with Gasteiger partial charge in [-0.1, -0.05) is 23.2 Å². The molecule has 0 N–H and O–H groups in total. The predicted octanol–water partition coefficient (Wildman–Crippen LogP) is 3.06. The SMILES string of the molecule is CC1CN(C)CCN1S(=O)(=O)c1cc(CCl)c(Cl)cc1Cl. The first-order chi connectivity index (χ1) is 9.77. The quantitative estimate of drug-likeness (QED) is 0.767. The highest BCUT2D eigenvalue weighted by molar-refractivity contribution is 7.89. The summed E-state index contributed by atoms with van der Waals surface area (Å²) in [6, 6.07) is 2.80. The third-order valence-corrected chi connectivity index (χ3v) is 6.72. The zero-order valence-corrected chi connectivity index (χ0v) is 14.9. The predicted molar refractivity (Wildman–Crippen MR) is 86.9 cm³/mol. The highest BCUT2D eigenvalue weighted by atomic mass is 35.5. The fourth-order valence-corrected chi connectivity index (χ4v) is 5.22. The number of piperazine rings is 1. The average molecular weight is 372 g/mol. The Morgan fingerprint density at radius 2 is 1.90 bits per heavy atom. The van der Waals surface area contributed by atoms with Crippen LogP contribution >= 0.6 is 34.8 Å². The Balaban J connectivity index is 2.44. The Morgan fingerprint density at radius 1 is 1.24 bits per heavy atom. The summed E-state index contributed by atoms with van der Waals surface area (Å²) in [4.78, 5) is 2.17. The molecular formula is C13H17Cl3N2O2S.